The fraction of sp³-hybridized carbons (Fsp3) is 0.0833. The van der Waals surface area contributed by atoms with Crippen LogP contribution >= 0.6 is 11.6 Å². The number of rotatable bonds is 8. The molecule has 8 nitrogen and oxygen atoms in total. The van der Waals surface area contributed by atoms with Crippen LogP contribution in [-0.4, -0.2) is 34.6 Å². The highest BCUT2D eigenvalue weighted by Gasteiger charge is 2.30. The van der Waals surface area contributed by atoms with Crippen molar-refractivity contribution in [3.63, 3.8) is 0 Å². The molecule has 1 aromatic heterocycles. The summed E-state index contributed by atoms with van der Waals surface area (Å²) in [6, 6.07) is 19.4. The molecule has 4 rings (SSSR count). The molecule has 0 bridgehead atoms. The van der Waals surface area contributed by atoms with Gasteiger partial charge in [0.25, 0.3) is 0 Å². The average Bonchev–Trinajstić information content (AvgIpc) is 2.85. The third-order valence-electron chi connectivity index (χ3n) is 4.58. The zero-order chi connectivity index (χ0) is 25.5. The third kappa shape index (κ3) is 7.06. The molecule has 1 heterocycles. The van der Waals surface area contributed by atoms with Gasteiger partial charge in [-0.1, -0.05) is 11.6 Å². The standard InChI is InChI=1S/C24H18ClF3N6O2/c1-35-19-12-4-16(5-13-19)21-31-22(30-18-8-6-17(25)7-9-18)33-23(32-21)34-29-14-15-2-10-20(11-3-15)36-24(26,27)28/h2-14H,1H3,(H2,30,31,32,33,34). The molecule has 4 aromatic rings. The van der Waals surface area contributed by atoms with Crippen molar-refractivity contribution in [2.24, 2.45) is 5.10 Å². The summed E-state index contributed by atoms with van der Waals surface area (Å²) in [6.07, 6.45) is -3.35. The Bertz CT molecular complexity index is 1330. The van der Waals surface area contributed by atoms with Gasteiger partial charge in [0.15, 0.2) is 5.82 Å². The van der Waals surface area contributed by atoms with Crippen molar-refractivity contribution in [3.8, 4) is 22.9 Å². The van der Waals surface area contributed by atoms with Crippen molar-refractivity contribution in [1.82, 2.24) is 15.0 Å². The highest BCUT2D eigenvalue weighted by molar-refractivity contribution is 6.30. The van der Waals surface area contributed by atoms with E-state index in [1.807, 2.05) is 0 Å². The number of nitrogens with zero attached hydrogens (tertiary/aromatic N) is 4. The number of hydrazone groups is 1. The van der Waals surface area contributed by atoms with E-state index in [1.54, 1.807) is 55.6 Å². The highest BCUT2D eigenvalue weighted by Crippen LogP contribution is 2.24. The van der Waals surface area contributed by atoms with Crippen LogP contribution in [0.5, 0.6) is 11.5 Å². The summed E-state index contributed by atoms with van der Waals surface area (Å²) >= 11 is 5.95. The number of aromatic nitrogens is 3. The van der Waals surface area contributed by atoms with Gasteiger partial charge in [-0.15, -0.1) is 13.2 Å². The number of hydrogen-bond donors (Lipinski definition) is 2. The van der Waals surface area contributed by atoms with Gasteiger partial charge in [-0.3, -0.25) is 0 Å². The lowest BCUT2D eigenvalue weighted by atomic mass is 10.2. The first-order chi connectivity index (χ1) is 17.3. The van der Waals surface area contributed by atoms with Crippen LogP contribution in [0, 0.1) is 0 Å². The third-order valence-corrected chi connectivity index (χ3v) is 4.83. The second-order valence-electron chi connectivity index (χ2n) is 7.15. The van der Waals surface area contributed by atoms with E-state index in [-0.39, 0.29) is 17.6 Å². The SMILES string of the molecule is COc1ccc(-c2nc(NN=Cc3ccc(OC(F)(F)F)cc3)nc(Nc3ccc(Cl)cc3)n2)cc1. The lowest BCUT2D eigenvalue weighted by Crippen LogP contribution is -2.17. The van der Waals surface area contributed by atoms with Crippen LogP contribution in [0.15, 0.2) is 77.9 Å². The molecule has 36 heavy (non-hydrogen) atoms. The number of anilines is 3. The van der Waals surface area contributed by atoms with Gasteiger partial charge in [0.1, 0.15) is 11.5 Å². The molecule has 0 amide bonds. The van der Waals surface area contributed by atoms with Gasteiger partial charge in [0.2, 0.25) is 11.9 Å². The van der Waals surface area contributed by atoms with Gasteiger partial charge in [-0.2, -0.15) is 20.1 Å². The summed E-state index contributed by atoms with van der Waals surface area (Å²) in [7, 11) is 1.57. The number of methoxy groups -OCH3 is 1. The van der Waals surface area contributed by atoms with Crippen LogP contribution in [-0.2, 0) is 0 Å². The molecule has 3 aromatic carbocycles. The van der Waals surface area contributed by atoms with Gasteiger partial charge >= 0.3 is 6.36 Å². The molecule has 0 aliphatic carbocycles. The maximum atomic E-state index is 12.3. The number of halogens is 4. The minimum Gasteiger partial charge on any atom is -0.497 e. The van der Waals surface area contributed by atoms with Gasteiger partial charge in [0, 0.05) is 16.3 Å². The summed E-state index contributed by atoms with van der Waals surface area (Å²) in [6.45, 7) is 0. The lowest BCUT2D eigenvalue weighted by molar-refractivity contribution is -0.274. The topological polar surface area (TPSA) is 93.5 Å². The van der Waals surface area contributed by atoms with E-state index >= 15 is 0 Å². The minimum atomic E-state index is -4.75. The fourth-order valence-electron chi connectivity index (χ4n) is 2.93. The van der Waals surface area contributed by atoms with Crippen LogP contribution in [0.2, 0.25) is 5.02 Å². The van der Waals surface area contributed by atoms with E-state index in [9.17, 15) is 13.2 Å². The zero-order valence-corrected chi connectivity index (χ0v) is 19.4. The Kier molecular flexibility index (Phi) is 7.50. The van der Waals surface area contributed by atoms with Crippen LogP contribution in [0.1, 0.15) is 5.56 Å². The molecular weight excluding hydrogens is 497 g/mol. The van der Waals surface area contributed by atoms with Crippen molar-refractivity contribution in [1.29, 1.82) is 0 Å². The molecular formula is C24H18ClF3N6O2. The van der Waals surface area contributed by atoms with Gasteiger partial charge < -0.3 is 14.8 Å². The van der Waals surface area contributed by atoms with Crippen molar-refractivity contribution in [2.75, 3.05) is 17.9 Å². The first-order valence-electron chi connectivity index (χ1n) is 10.4. The fourth-order valence-corrected chi connectivity index (χ4v) is 3.06. The first-order valence-corrected chi connectivity index (χ1v) is 10.7. The van der Waals surface area contributed by atoms with E-state index < -0.39 is 6.36 Å². The number of alkyl halides is 3. The van der Waals surface area contributed by atoms with Crippen LogP contribution in [0.3, 0.4) is 0 Å². The van der Waals surface area contributed by atoms with Crippen LogP contribution in [0.25, 0.3) is 11.4 Å². The van der Waals surface area contributed by atoms with E-state index in [0.717, 1.165) is 0 Å². The molecule has 0 unspecified atom stereocenters. The van der Waals surface area contributed by atoms with E-state index in [1.165, 1.54) is 30.5 Å². The Labute approximate surface area is 208 Å². The minimum absolute atomic E-state index is 0.139. The first kappa shape index (κ1) is 24.7. The maximum absolute atomic E-state index is 12.3. The molecule has 0 aliphatic heterocycles. The molecule has 0 fully saturated rings. The normalized spacial score (nSPS) is 11.4. The second kappa shape index (κ2) is 10.9. The van der Waals surface area contributed by atoms with Crippen LogP contribution < -0.4 is 20.2 Å². The molecule has 0 atom stereocenters. The Hall–Kier alpha value is -4.38. The Morgan fingerprint density at radius 1 is 0.833 bits per heavy atom. The number of nitrogens with one attached hydrogen (secondary N) is 2. The Morgan fingerprint density at radius 2 is 1.47 bits per heavy atom. The number of benzene rings is 3. The summed E-state index contributed by atoms with van der Waals surface area (Å²) in [4.78, 5) is 13.2. The highest BCUT2D eigenvalue weighted by atomic mass is 35.5. The molecule has 12 heteroatoms. The lowest BCUT2D eigenvalue weighted by Gasteiger charge is -2.09. The predicted molar refractivity (Wildman–Crippen MR) is 131 cm³/mol. The second-order valence-corrected chi connectivity index (χ2v) is 7.59. The van der Waals surface area contributed by atoms with E-state index in [4.69, 9.17) is 16.3 Å². The van der Waals surface area contributed by atoms with Gasteiger partial charge in [0.05, 0.1) is 13.3 Å². The molecule has 0 spiro atoms. The molecule has 0 radical (unpaired) electrons. The average molecular weight is 515 g/mol. The zero-order valence-electron chi connectivity index (χ0n) is 18.6. The summed E-state index contributed by atoms with van der Waals surface area (Å²) in [5.74, 6) is 1.12. The Morgan fingerprint density at radius 3 is 2.11 bits per heavy atom. The van der Waals surface area contributed by atoms with Crippen molar-refractivity contribution in [2.45, 2.75) is 6.36 Å². The monoisotopic (exact) mass is 514 g/mol. The number of ether oxygens (including phenoxy) is 2. The largest absolute Gasteiger partial charge is 0.573 e. The molecule has 0 saturated carbocycles. The van der Waals surface area contributed by atoms with Gasteiger partial charge in [-0.05, 0) is 78.4 Å². The maximum Gasteiger partial charge on any atom is 0.573 e. The van der Waals surface area contributed by atoms with E-state index in [2.05, 4.69) is 35.5 Å². The van der Waals surface area contributed by atoms with Crippen molar-refractivity contribution >= 4 is 35.4 Å². The van der Waals surface area contributed by atoms with Crippen molar-refractivity contribution in [3.05, 3.63) is 83.4 Å². The molecule has 2 N–H and O–H groups in total. The van der Waals surface area contributed by atoms with Gasteiger partial charge in [-0.25, -0.2) is 5.43 Å². The number of hydrogen-bond acceptors (Lipinski definition) is 8. The quantitative estimate of drug-likeness (QED) is 0.211. The van der Waals surface area contributed by atoms with Crippen LogP contribution in [0.4, 0.5) is 30.8 Å². The molecule has 0 saturated heterocycles. The summed E-state index contributed by atoms with van der Waals surface area (Å²) in [5, 5.41) is 7.76. The van der Waals surface area contributed by atoms with Crippen molar-refractivity contribution < 1.29 is 22.6 Å². The summed E-state index contributed by atoms with van der Waals surface area (Å²) < 4.78 is 46.0. The predicted octanol–water partition coefficient (Wildman–Crippen LogP) is 6.29. The smallest absolute Gasteiger partial charge is 0.497 e. The van der Waals surface area contributed by atoms with E-state index in [0.29, 0.717) is 33.4 Å². The molecule has 0 aliphatic rings. The Balaban J connectivity index is 1.55. The molecule has 184 valence electrons. The summed E-state index contributed by atoms with van der Waals surface area (Å²) in [5.41, 5.74) is 4.68.